The van der Waals surface area contributed by atoms with Crippen LogP contribution in [0.5, 0.6) is 0 Å². The molecule has 0 bridgehead atoms. The summed E-state index contributed by atoms with van der Waals surface area (Å²) in [5.74, 6) is 0. The van der Waals surface area contributed by atoms with Gasteiger partial charge in [-0.2, -0.15) is 0 Å². The van der Waals surface area contributed by atoms with Crippen molar-refractivity contribution < 1.29 is 10.2 Å². The fraction of sp³-hybridized carbons (Fsp3) is 0.600. The van der Waals surface area contributed by atoms with Crippen LogP contribution in [0.15, 0.2) is 17.5 Å². The first-order valence-corrected chi connectivity index (χ1v) is 5.46. The molecule has 0 saturated carbocycles. The molecule has 13 heavy (non-hydrogen) atoms. The summed E-state index contributed by atoms with van der Waals surface area (Å²) >= 11 is 1.48. The second kappa shape index (κ2) is 4.22. The van der Waals surface area contributed by atoms with E-state index < -0.39 is 11.7 Å². The maximum atomic E-state index is 10.0. The Balaban J connectivity index is 2.82. The van der Waals surface area contributed by atoms with E-state index in [1.807, 2.05) is 31.4 Å². The molecule has 0 radical (unpaired) electrons. The molecule has 1 aromatic rings. The summed E-state index contributed by atoms with van der Waals surface area (Å²) in [5.41, 5.74) is -0.967. The van der Waals surface area contributed by atoms with Gasteiger partial charge in [-0.05, 0) is 24.3 Å². The molecule has 3 heteroatoms. The molecule has 0 amide bonds. The molecule has 2 nitrogen and oxygen atoms in total. The average molecular weight is 200 g/mol. The zero-order chi connectivity index (χ0) is 9.90. The third-order valence-electron chi connectivity index (χ3n) is 2.55. The lowest BCUT2D eigenvalue weighted by Crippen LogP contribution is -2.34. The molecule has 1 aromatic heterocycles. The second-order valence-corrected chi connectivity index (χ2v) is 4.21. The van der Waals surface area contributed by atoms with Gasteiger partial charge in [0.15, 0.2) is 0 Å². The van der Waals surface area contributed by atoms with Crippen LogP contribution < -0.4 is 0 Å². The summed E-state index contributed by atoms with van der Waals surface area (Å²) in [6, 6.07) is 3.74. The summed E-state index contributed by atoms with van der Waals surface area (Å²) in [5, 5.41) is 21.8. The van der Waals surface area contributed by atoms with Gasteiger partial charge in [0.05, 0.1) is 5.60 Å². The van der Waals surface area contributed by atoms with Crippen molar-refractivity contribution in [2.75, 3.05) is 0 Å². The Bertz CT molecular complexity index is 239. The van der Waals surface area contributed by atoms with Crippen LogP contribution in [0.2, 0.25) is 0 Å². The van der Waals surface area contributed by atoms with Gasteiger partial charge in [0.25, 0.3) is 0 Å². The van der Waals surface area contributed by atoms with Crippen LogP contribution in [0.4, 0.5) is 0 Å². The van der Waals surface area contributed by atoms with Gasteiger partial charge in [0, 0.05) is 4.88 Å². The fourth-order valence-electron chi connectivity index (χ4n) is 1.35. The Morgan fingerprint density at radius 3 is 2.46 bits per heavy atom. The van der Waals surface area contributed by atoms with Crippen LogP contribution in [0, 0.1) is 0 Å². The third-order valence-corrected chi connectivity index (χ3v) is 3.47. The van der Waals surface area contributed by atoms with Crippen LogP contribution in [0.3, 0.4) is 0 Å². The minimum atomic E-state index is -0.967. The van der Waals surface area contributed by atoms with Crippen LogP contribution >= 0.6 is 11.3 Å². The zero-order valence-corrected chi connectivity index (χ0v) is 8.84. The molecular weight excluding hydrogens is 184 g/mol. The largest absolute Gasteiger partial charge is 0.387 e. The van der Waals surface area contributed by atoms with Crippen LogP contribution in [0.25, 0.3) is 0 Å². The van der Waals surface area contributed by atoms with Crippen molar-refractivity contribution in [3.05, 3.63) is 22.4 Å². The molecule has 1 atom stereocenters. The highest BCUT2D eigenvalue weighted by Gasteiger charge is 2.33. The quantitative estimate of drug-likeness (QED) is 0.783. The van der Waals surface area contributed by atoms with Crippen molar-refractivity contribution in [3.63, 3.8) is 0 Å². The first-order valence-electron chi connectivity index (χ1n) is 4.58. The Hall–Kier alpha value is -0.380. The molecule has 0 fully saturated rings. The highest BCUT2D eigenvalue weighted by atomic mass is 32.1. The summed E-state index contributed by atoms with van der Waals surface area (Å²) in [7, 11) is 0. The topological polar surface area (TPSA) is 40.5 Å². The monoisotopic (exact) mass is 200 g/mol. The van der Waals surface area contributed by atoms with Gasteiger partial charge < -0.3 is 10.2 Å². The molecule has 74 valence electrons. The summed E-state index contributed by atoms with van der Waals surface area (Å²) in [4.78, 5) is 0.839. The molecule has 0 aliphatic rings. The SMILES string of the molecule is CCC(O)(CC)C(O)c1cccs1. The van der Waals surface area contributed by atoms with Crippen LogP contribution in [0.1, 0.15) is 37.7 Å². The molecule has 0 aromatic carbocycles. The molecule has 1 heterocycles. The van der Waals surface area contributed by atoms with Crippen molar-refractivity contribution in [2.45, 2.75) is 38.4 Å². The Morgan fingerprint density at radius 2 is 2.08 bits per heavy atom. The average Bonchev–Trinajstić information content (AvgIpc) is 2.68. The maximum absolute atomic E-state index is 10.0. The normalized spacial score (nSPS) is 14.5. The molecule has 2 N–H and O–H groups in total. The maximum Gasteiger partial charge on any atom is 0.117 e. The van der Waals surface area contributed by atoms with E-state index in [4.69, 9.17) is 0 Å². The molecule has 1 rings (SSSR count). The molecule has 1 unspecified atom stereocenters. The summed E-state index contributed by atoms with van der Waals surface area (Å²) < 4.78 is 0. The Labute approximate surface area is 82.8 Å². The number of aliphatic hydroxyl groups excluding tert-OH is 1. The van der Waals surface area contributed by atoms with Crippen molar-refractivity contribution >= 4 is 11.3 Å². The van der Waals surface area contributed by atoms with Gasteiger partial charge in [-0.15, -0.1) is 11.3 Å². The van der Waals surface area contributed by atoms with E-state index in [0.717, 1.165) is 4.88 Å². The molecule has 0 aliphatic heterocycles. The van der Waals surface area contributed by atoms with E-state index in [1.54, 1.807) is 0 Å². The first kappa shape index (κ1) is 10.7. The van der Waals surface area contributed by atoms with Crippen molar-refractivity contribution in [1.29, 1.82) is 0 Å². The summed E-state index contributed by atoms with van der Waals surface area (Å²) in [6.07, 6.45) is 0.396. The minimum absolute atomic E-state index is 0.572. The predicted octanol–water partition coefficient (Wildman–Crippen LogP) is 2.33. The first-order chi connectivity index (χ1) is 6.14. The number of hydrogen-bond acceptors (Lipinski definition) is 3. The number of aliphatic hydroxyl groups is 2. The lowest BCUT2D eigenvalue weighted by atomic mass is 9.90. The van der Waals surface area contributed by atoms with Crippen LogP contribution in [-0.2, 0) is 0 Å². The van der Waals surface area contributed by atoms with E-state index in [1.165, 1.54) is 11.3 Å². The second-order valence-electron chi connectivity index (χ2n) is 3.23. The van der Waals surface area contributed by atoms with Gasteiger partial charge in [0.2, 0.25) is 0 Å². The van der Waals surface area contributed by atoms with Crippen LogP contribution in [-0.4, -0.2) is 15.8 Å². The lowest BCUT2D eigenvalue weighted by Gasteiger charge is -2.30. The Morgan fingerprint density at radius 1 is 1.46 bits per heavy atom. The standard InChI is InChI=1S/C10H16O2S/c1-3-10(12,4-2)9(11)8-6-5-7-13-8/h5-7,9,11-12H,3-4H2,1-2H3. The smallest absolute Gasteiger partial charge is 0.117 e. The molecule has 0 aliphatic carbocycles. The van der Waals surface area contributed by atoms with Gasteiger partial charge in [0.1, 0.15) is 6.10 Å². The third kappa shape index (κ3) is 2.10. The van der Waals surface area contributed by atoms with Gasteiger partial charge in [-0.1, -0.05) is 19.9 Å². The van der Waals surface area contributed by atoms with E-state index in [-0.39, 0.29) is 0 Å². The summed E-state index contributed by atoms with van der Waals surface area (Å²) in [6.45, 7) is 3.78. The molecule has 0 saturated heterocycles. The number of hydrogen-bond donors (Lipinski definition) is 2. The number of rotatable bonds is 4. The van der Waals surface area contributed by atoms with E-state index in [9.17, 15) is 10.2 Å². The van der Waals surface area contributed by atoms with Crippen molar-refractivity contribution in [3.8, 4) is 0 Å². The number of thiophene rings is 1. The van der Waals surface area contributed by atoms with Gasteiger partial charge in [-0.25, -0.2) is 0 Å². The van der Waals surface area contributed by atoms with Gasteiger partial charge >= 0.3 is 0 Å². The van der Waals surface area contributed by atoms with Crippen molar-refractivity contribution in [1.82, 2.24) is 0 Å². The van der Waals surface area contributed by atoms with Gasteiger partial charge in [-0.3, -0.25) is 0 Å². The molecular formula is C10H16O2S. The van der Waals surface area contributed by atoms with Crippen molar-refractivity contribution in [2.24, 2.45) is 0 Å². The fourth-order valence-corrected chi connectivity index (χ4v) is 2.17. The lowest BCUT2D eigenvalue weighted by molar-refractivity contribution is -0.0804. The minimum Gasteiger partial charge on any atom is -0.387 e. The van der Waals surface area contributed by atoms with E-state index in [2.05, 4.69) is 0 Å². The highest BCUT2D eigenvalue weighted by Crippen LogP contribution is 2.33. The van der Waals surface area contributed by atoms with E-state index in [0.29, 0.717) is 12.8 Å². The Kier molecular flexibility index (Phi) is 3.47. The predicted molar refractivity (Wildman–Crippen MR) is 54.8 cm³/mol. The molecule has 0 spiro atoms. The zero-order valence-electron chi connectivity index (χ0n) is 8.03. The van der Waals surface area contributed by atoms with E-state index >= 15 is 0 Å². The highest BCUT2D eigenvalue weighted by molar-refractivity contribution is 7.10.